The van der Waals surface area contributed by atoms with Gasteiger partial charge in [-0.05, 0) is 37.3 Å². The molecule has 0 spiro atoms. The van der Waals surface area contributed by atoms with Crippen molar-refractivity contribution in [1.29, 1.82) is 0 Å². The predicted molar refractivity (Wildman–Crippen MR) is 79.5 cm³/mol. The number of rotatable bonds is 5. The number of anilines is 1. The van der Waals surface area contributed by atoms with Crippen LogP contribution in [0.5, 0.6) is 0 Å². The highest BCUT2D eigenvalue weighted by molar-refractivity contribution is 5.99. The Morgan fingerprint density at radius 2 is 1.95 bits per heavy atom. The second kappa shape index (κ2) is 6.09. The SMILES string of the molecule is CCNc1ccccc1C(=O)NCC1(C)CCCC1. The topological polar surface area (TPSA) is 41.1 Å². The van der Waals surface area contributed by atoms with E-state index in [0.29, 0.717) is 5.41 Å². The Bertz CT molecular complexity index is 436. The summed E-state index contributed by atoms with van der Waals surface area (Å²) in [6.07, 6.45) is 5.03. The van der Waals surface area contributed by atoms with Crippen molar-refractivity contribution >= 4 is 11.6 Å². The summed E-state index contributed by atoms with van der Waals surface area (Å²) in [6.45, 7) is 5.92. The van der Waals surface area contributed by atoms with Crippen molar-refractivity contribution in [1.82, 2.24) is 5.32 Å². The first kappa shape index (κ1) is 13.9. The van der Waals surface area contributed by atoms with Gasteiger partial charge in [0.25, 0.3) is 5.91 Å². The van der Waals surface area contributed by atoms with Crippen LogP contribution in [0.3, 0.4) is 0 Å². The number of hydrogen-bond donors (Lipinski definition) is 2. The van der Waals surface area contributed by atoms with Crippen LogP contribution in [0.15, 0.2) is 24.3 Å². The van der Waals surface area contributed by atoms with Gasteiger partial charge in [-0.15, -0.1) is 0 Å². The van der Waals surface area contributed by atoms with E-state index >= 15 is 0 Å². The molecule has 0 unspecified atom stereocenters. The van der Waals surface area contributed by atoms with E-state index in [4.69, 9.17) is 0 Å². The number of carbonyl (C=O) groups excluding carboxylic acids is 1. The van der Waals surface area contributed by atoms with Gasteiger partial charge in [0.1, 0.15) is 0 Å². The Balaban J connectivity index is 1.99. The first-order chi connectivity index (χ1) is 9.14. The second-order valence-corrected chi connectivity index (χ2v) is 5.78. The van der Waals surface area contributed by atoms with Crippen LogP contribution >= 0.6 is 0 Å². The summed E-state index contributed by atoms with van der Waals surface area (Å²) in [6, 6.07) is 7.69. The van der Waals surface area contributed by atoms with Crippen molar-refractivity contribution in [3.8, 4) is 0 Å². The van der Waals surface area contributed by atoms with E-state index in [1.54, 1.807) is 0 Å². The van der Waals surface area contributed by atoms with Crippen molar-refractivity contribution in [2.45, 2.75) is 39.5 Å². The lowest BCUT2D eigenvalue weighted by Crippen LogP contribution is -2.34. The van der Waals surface area contributed by atoms with Crippen LogP contribution in [0.25, 0.3) is 0 Å². The molecule has 0 atom stereocenters. The molecule has 0 radical (unpaired) electrons. The zero-order chi connectivity index (χ0) is 13.7. The van der Waals surface area contributed by atoms with Gasteiger partial charge in [0.2, 0.25) is 0 Å². The first-order valence-electron chi connectivity index (χ1n) is 7.26. The van der Waals surface area contributed by atoms with Crippen LogP contribution in [0.4, 0.5) is 5.69 Å². The average Bonchev–Trinajstić information content (AvgIpc) is 2.85. The van der Waals surface area contributed by atoms with Crippen LogP contribution < -0.4 is 10.6 Å². The number of nitrogens with one attached hydrogen (secondary N) is 2. The molecule has 2 rings (SSSR count). The predicted octanol–water partition coefficient (Wildman–Crippen LogP) is 3.43. The molecule has 0 bridgehead atoms. The maximum Gasteiger partial charge on any atom is 0.253 e. The molecule has 3 heteroatoms. The number of para-hydroxylation sites is 1. The number of carbonyl (C=O) groups is 1. The van der Waals surface area contributed by atoms with Gasteiger partial charge in [-0.2, -0.15) is 0 Å². The monoisotopic (exact) mass is 260 g/mol. The van der Waals surface area contributed by atoms with Crippen LogP contribution in [0.1, 0.15) is 49.9 Å². The van der Waals surface area contributed by atoms with Gasteiger partial charge in [0, 0.05) is 18.8 Å². The molecule has 19 heavy (non-hydrogen) atoms. The molecule has 1 amide bonds. The van der Waals surface area contributed by atoms with Crippen molar-refractivity contribution in [3.63, 3.8) is 0 Å². The Morgan fingerprint density at radius 3 is 2.63 bits per heavy atom. The summed E-state index contributed by atoms with van der Waals surface area (Å²) in [5.41, 5.74) is 1.95. The van der Waals surface area contributed by atoms with Crippen molar-refractivity contribution < 1.29 is 4.79 Å². The van der Waals surface area contributed by atoms with Crippen molar-refractivity contribution in [2.75, 3.05) is 18.4 Å². The lowest BCUT2D eigenvalue weighted by atomic mass is 9.89. The fourth-order valence-electron chi connectivity index (χ4n) is 2.82. The summed E-state index contributed by atoms with van der Waals surface area (Å²) in [7, 11) is 0. The smallest absolute Gasteiger partial charge is 0.253 e. The number of hydrogen-bond acceptors (Lipinski definition) is 2. The van der Waals surface area contributed by atoms with E-state index in [9.17, 15) is 4.79 Å². The molecule has 1 aliphatic carbocycles. The third-order valence-electron chi connectivity index (χ3n) is 4.03. The van der Waals surface area contributed by atoms with Gasteiger partial charge >= 0.3 is 0 Å². The number of benzene rings is 1. The fraction of sp³-hybridized carbons (Fsp3) is 0.562. The van der Waals surface area contributed by atoms with Gasteiger partial charge in [0.05, 0.1) is 5.56 Å². The van der Waals surface area contributed by atoms with E-state index in [0.717, 1.165) is 24.3 Å². The molecular weight excluding hydrogens is 236 g/mol. The zero-order valence-corrected chi connectivity index (χ0v) is 12.0. The molecule has 1 aliphatic rings. The minimum atomic E-state index is 0.0321. The van der Waals surface area contributed by atoms with Crippen LogP contribution in [-0.4, -0.2) is 19.0 Å². The van der Waals surface area contributed by atoms with Crippen LogP contribution in [-0.2, 0) is 0 Å². The van der Waals surface area contributed by atoms with Crippen molar-refractivity contribution in [3.05, 3.63) is 29.8 Å². The molecule has 0 aromatic heterocycles. The molecule has 1 aromatic rings. The van der Waals surface area contributed by atoms with Gasteiger partial charge < -0.3 is 10.6 Å². The van der Waals surface area contributed by atoms with E-state index in [1.165, 1.54) is 25.7 Å². The molecule has 2 N–H and O–H groups in total. The summed E-state index contributed by atoms with van der Waals surface area (Å²) >= 11 is 0. The lowest BCUT2D eigenvalue weighted by molar-refractivity contribution is 0.0935. The summed E-state index contributed by atoms with van der Waals surface area (Å²) in [5, 5.41) is 6.33. The quantitative estimate of drug-likeness (QED) is 0.851. The van der Waals surface area contributed by atoms with Crippen LogP contribution in [0.2, 0.25) is 0 Å². The normalized spacial score (nSPS) is 17.2. The van der Waals surface area contributed by atoms with Gasteiger partial charge in [-0.25, -0.2) is 0 Å². The van der Waals surface area contributed by atoms with Gasteiger partial charge in [-0.3, -0.25) is 4.79 Å². The molecule has 1 fully saturated rings. The Labute approximate surface area is 115 Å². The Kier molecular flexibility index (Phi) is 4.46. The van der Waals surface area contributed by atoms with Gasteiger partial charge in [0.15, 0.2) is 0 Å². The lowest BCUT2D eigenvalue weighted by Gasteiger charge is -2.24. The van der Waals surface area contributed by atoms with E-state index in [2.05, 4.69) is 17.6 Å². The Hall–Kier alpha value is -1.51. The van der Waals surface area contributed by atoms with Crippen LogP contribution in [0, 0.1) is 5.41 Å². The van der Waals surface area contributed by atoms with Crippen molar-refractivity contribution in [2.24, 2.45) is 5.41 Å². The average molecular weight is 260 g/mol. The molecule has 1 aromatic carbocycles. The Morgan fingerprint density at radius 1 is 1.26 bits per heavy atom. The first-order valence-corrected chi connectivity index (χ1v) is 7.26. The molecule has 0 saturated heterocycles. The third-order valence-corrected chi connectivity index (χ3v) is 4.03. The molecule has 0 aliphatic heterocycles. The van der Waals surface area contributed by atoms with Gasteiger partial charge in [-0.1, -0.05) is 31.9 Å². The molecular formula is C16H24N2O. The maximum atomic E-state index is 12.3. The fourth-order valence-corrected chi connectivity index (χ4v) is 2.82. The minimum Gasteiger partial charge on any atom is -0.385 e. The molecule has 3 nitrogen and oxygen atoms in total. The van der Waals surface area contributed by atoms with E-state index in [-0.39, 0.29) is 5.91 Å². The standard InChI is InChI=1S/C16H24N2O/c1-3-17-14-9-5-4-8-13(14)15(19)18-12-16(2)10-6-7-11-16/h4-5,8-9,17H,3,6-7,10-12H2,1-2H3,(H,18,19). The zero-order valence-electron chi connectivity index (χ0n) is 12.0. The molecule has 0 heterocycles. The molecule has 1 saturated carbocycles. The highest BCUT2D eigenvalue weighted by atomic mass is 16.1. The second-order valence-electron chi connectivity index (χ2n) is 5.78. The highest BCUT2D eigenvalue weighted by Crippen LogP contribution is 2.36. The highest BCUT2D eigenvalue weighted by Gasteiger charge is 2.29. The summed E-state index contributed by atoms with van der Waals surface area (Å²) in [5.74, 6) is 0.0321. The maximum absolute atomic E-state index is 12.3. The van der Waals surface area contributed by atoms with E-state index in [1.807, 2.05) is 31.2 Å². The largest absolute Gasteiger partial charge is 0.385 e. The minimum absolute atomic E-state index is 0.0321. The summed E-state index contributed by atoms with van der Waals surface area (Å²) < 4.78 is 0. The van der Waals surface area contributed by atoms with E-state index < -0.39 is 0 Å². The molecule has 104 valence electrons. The summed E-state index contributed by atoms with van der Waals surface area (Å²) in [4.78, 5) is 12.3. The number of amides is 1. The third kappa shape index (κ3) is 3.49.